The fourth-order valence-corrected chi connectivity index (χ4v) is 3.26. The van der Waals surface area contributed by atoms with E-state index < -0.39 is 5.41 Å². The van der Waals surface area contributed by atoms with Crippen LogP contribution in [0.4, 0.5) is 5.69 Å². The first-order valence-corrected chi connectivity index (χ1v) is 9.00. The molecule has 7 nitrogen and oxygen atoms in total. The summed E-state index contributed by atoms with van der Waals surface area (Å²) >= 11 is 5.95. The Kier molecular flexibility index (Phi) is 7.68. The van der Waals surface area contributed by atoms with Crippen LogP contribution < -0.4 is 20.7 Å². The maximum Gasteiger partial charge on any atom is 0.228 e. The number of nitrogens with one attached hydrogen (secondary N) is 3. The van der Waals surface area contributed by atoms with Crippen LogP contribution in [-0.4, -0.2) is 52.3 Å². The minimum atomic E-state index is -0.521. The predicted molar refractivity (Wildman–Crippen MR) is 101 cm³/mol. The third-order valence-electron chi connectivity index (χ3n) is 4.54. The third kappa shape index (κ3) is 5.33. The molecule has 1 aliphatic heterocycles. The summed E-state index contributed by atoms with van der Waals surface area (Å²) < 4.78 is 10.5. The number of carbonyl (C=O) groups is 2. The number of hydrogen-bond donors (Lipinski definition) is 3. The number of anilines is 1. The lowest BCUT2D eigenvalue weighted by molar-refractivity contribution is -0.136. The van der Waals surface area contributed by atoms with E-state index in [2.05, 4.69) is 16.0 Å². The number of rotatable bonds is 8. The number of hydrogen-bond acceptors (Lipinski definition) is 5. The molecular weight excluding hydrogens is 358 g/mol. The van der Waals surface area contributed by atoms with Crippen molar-refractivity contribution in [3.8, 4) is 5.75 Å². The lowest BCUT2D eigenvalue weighted by atomic mass is 9.78. The molecule has 0 atom stereocenters. The van der Waals surface area contributed by atoms with Gasteiger partial charge in [0.2, 0.25) is 11.8 Å². The maximum absolute atomic E-state index is 12.6. The Labute approximate surface area is 158 Å². The average Bonchev–Trinajstić information content (AvgIpc) is 2.63. The summed E-state index contributed by atoms with van der Waals surface area (Å²) in [6.45, 7) is 2.20. The number of piperidine rings is 1. The van der Waals surface area contributed by atoms with E-state index in [9.17, 15) is 9.59 Å². The molecule has 1 aromatic carbocycles. The topological polar surface area (TPSA) is 88.7 Å². The molecule has 1 heterocycles. The van der Waals surface area contributed by atoms with Crippen molar-refractivity contribution in [3.05, 3.63) is 23.2 Å². The van der Waals surface area contributed by atoms with Crippen LogP contribution in [0.1, 0.15) is 19.3 Å². The monoisotopic (exact) mass is 383 g/mol. The number of carbonyl (C=O) groups excluding carboxylic acids is 2. The predicted octanol–water partition coefficient (Wildman–Crippen LogP) is 1.81. The molecule has 1 aliphatic rings. The van der Waals surface area contributed by atoms with Crippen LogP contribution in [0.2, 0.25) is 5.02 Å². The van der Waals surface area contributed by atoms with Gasteiger partial charge in [0.05, 0.1) is 24.8 Å². The van der Waals surface area contributed by atoms with Gasteiger partial charge in [0, 0.05) is 25.1 Å². The zero-order valence-electron chi connectivity index (χ0n) is 15.2. The van der Waals surface area contributed by atoms with Crippen LogP contribution in [0.15, 0.2) is 18.2 Å². The van der Waals surface area contributed by atoms with Crippen molar-refractivity contribution < 1.29 is 19.1 Å². The number of halogens is 1. The Morgan fingerprint density at radius 1 is 1.27 bits per heavy atom. The van der Waals surface area contributed by atoms with Crippen molar-refractivity contribution in [3.63, 3.8) is 0 Å². The maximum atomic E-state index is 12.6. The van der Waals surface area contributed by atoms with Crippen LogP contribution >= 0.6 is 11.6 Å². The zero-order chi connectivity index (χ0) is 19.0. The third-order valence-corrected chi connectivity index (χ3v) is 4.77. The normalized spacial score (nSPS) is 16.0. The first-order chi connectivity index (χ1) is 12.5. The van der Waals surface area contributed by atoms with Gasteiger partial charge >= 0.3 is 0 Å². The van der Waals surface area contributed by atoms with E-state index in [0.29, 0.717) is 23.1 Å². The van der Waals surface area contributed by atoms with Crippen molar-refractivity contribution in [2.24, 2.45) is 5.41 Å². The van der Waals surface area contributed by atoms with E-state index in [1.54, 1.807) is 25.3 Å². The zero-order valence-corrected chi connectivity index (χ0v) is 15.9. The van der Waals surface area contributed by atoms with Crippen molar-refractivity contribution in [1.82, 2.24) is 10.6 Å². The second-order valence-corrected chi connectivity index (χ2v) is 6.80. The molecule has 2 amide bonds. The summed E-state index contributed by atoms with van der Waals surface area (Å²) in [5.74, 6) is 0.242. The molecule has 144 valence electrons. The lowest BCUT2D eigenvalue weighted by Gasteiger charge is -2.35. The summed E-state index contributed by atoms with van der Waals surface area (Å²) in [6, 6.07) is 5.00. The molecule has 0 aromatic heterocycles. The van der Waals surface area contributed by atoms with Crippen molar-refractivity contribution in [2.75, 3.05) is 45.8 Å². The fraction of sp³-hybridized carbons (Fsp3) is 0.556. The standard InChI is InChI=1S/C18H26ClN3O4/c1-25-12-18(6-9-20-10-7-18)17(24)21-8-5-16(23)22-14-11-13(19)3-4-15(14)26-2/h3-4,11,20H,5-10,12H2,1-2H3,(H,21,24)(H,22,23). The summed E-state index contributed by atoms with van der Waals surface area (Å²) in [7, 11) is 3.12. The van der Waals surface area contributed by atoms with E-state index in [1.807, 2.05) is 0 Å². The van der Waals surface area contributed by atoms with Gasteiger partial charge in [-0.1, -0.05) is 11.6 Å². The molecule has 1 fully saturated rings. The number of benzene rings is 1. The van der Waals surface area contributed by atoms with Crippen LogP contribution in [-0.2, 0) is 14.3 Å². The first kappa shape index (κ1) is 20.5. The highest BCUT2D eigenvalue weighted by Crippen LogP contribution is 2.29. The Balaban J connectivity index is 1.85. The Morgan fingerprint density at radius 3 is 2.65 bits per heavy atom. The molecule has 1 saturated heterocycles. The van der Waals surface area contributed by atoms with E-state index in [0.717, 1.165) is 25.9 Å². The SMILES string of the molecule is COCC1(C(=O)NCCC(=O)Nc2cc(Cl)ccc2OC)CCNCC1. The first-order valence-electron chi connectivity index (χ1n) is 8.62. The van der Waals surface area contributed by atoms with Gasteiger partial charge < -0.3 is 25.4 Å². The summed E-state index contributed by atoms with van der Waals surface area (Å²) in [5, 5.41) is 9.37. The molecule has 3 N–H and O–H groups in total. The van der Waals surface area contributed by atoms with E-state index >= 15 is 0 Å². The van der Waals surface area contributed by atoms with Crippen molar-refractivity contribution in [2.45, 2.75) is 19.3 Å². The van der Waals surface area contributed by atoms with Gasteiger partial charge in [-0.05, 0) is 44.1 Å². The molecule has 0 saturated carbocycles. The van der Waals surface area contributed by atoms with Gasteiger partial charge in [0.25, 0.3) is 0 Å². The van der Waals surface area contributed by atoms with Crippen molar-refractivity contribution in [1.29, 1.82) is 0 Å². The molecule has 26 heavy (non-hydrogen) atoms. The van der Waals surface area contributed by atoms with Crippen LogP contribution in [0, 0.1) is 5.41 Å². The molecule has 0 aliphatic carbocycles. The number of methoxy groups -OCH3 is 2. The van der Waals surface area contributed by atoms with Crippen LogP contribution in [0.5, 0.6) is 5.75 Å². The van der Waals surface area contributed by atoms with Gasteiger partial charge in [0.1, 0.15) is 5.75 Å². The number of ether oxygens (including phenoxy) is 2. The minimum absolute atomic E-state index is 0.0611. The highest BCUT2D eigenvalue weighted by Gasteiger charge is 2.39. The fourth-order valence-electron chi connectivity index (χ4n) is 3.09. The molecule has 0 bridgehead atoms. The smallest absolute Gasteiger partial charge is 0.228 e. The highest BCUT2D eigenvalue weighted by atomic mass is 35.5. The van der Waals surface area contributed by atoms with Gasteiger partial charge in [-0.2, -0.15) is 0 Å². The Hall–Kier alpha value is -1.83. The Morgan fingerprint density at radius 2 is 2.00 bits per heavy atom. The second kappa shape index (κ2) is 9.75. The van der Waals surface area contributed by atoms with Gasteiger partial charge in [-0.25, -0.2) is 0 Å². The molecule has 2 rings (SSSR count). The van der Waals surface area contributed by atoms with Gasteiger partial charge in [-0.15, -0.1) is 0 Å². The average molecular weight is 384 g/mol. The van der Waals surface area contributed by atoms with E-state index in [4.69, 9.17) is 21.1 Å². The molecule has 0 spiro atoms. The van der Waals surface area contributed by atoms with E-state index in [1.165, 1.54) is 7.11 Å². The van der Waals surface area contributed by atoms with E-state index in [-0.39, 0.29) is 24.8 Å². The summed E-state index contributed by atoms with van der Waals surface area (Å²) in [6.07, 6.45) is 1.60. The largest absolute Gasteiger partial charge is 0.495 e. The van der Waals surface area contributed by atoms with Crippen molar-refractivity contribution >= 4 is 29.1 Å². The number of amides is 2. The molecular formula is C18H26ClN3O4. The lowest BCUT2D eigenvalue weighted by Crippen LogP contribution is -2.50. The van der Waals surface area contributed by atoms with Gasteiger partial charge in [0.15, 0.2) is 0 Å². The molecule has 8 heteroatoms. The van der Waals surface area contributed by atoms with Crippen LogP contribution in [0.3, 0.4) is 0 Å². The van der Waals surface area contributed by atoms with Crippen LogP contribution in [0.25, 0.3) is 0 Å². The van der Waals surface area contributed by atoms with Gasteiger partial charge in [-0.3, -0.25) is 9.59 Å². The minimum Gasteiger partial charge on any atom is -0.495 e. The molecule has 0 radical (unpaired) electrons. The Bertz CT molecular complexity index is 627. The molecule has 0 unspecified atom stereocenters. The highest BCUT2D eigenvalue weighted by molar-refractivity contribution is 6.31. The quantitative estimate of drug-likeness (QED) is 0.637. The molecule has 1 aromatic rings. The second-order valence-electron chi connectivity index (χ2n) is 6.36. The summed E-state index contributed by atoms with van der Waals surface area (Å²) in [4.78, 5) is 24.8. The summed E-state index contributed by atoms with van der Waals surface area (Å²) in [5.41, 5.74) is -0.0161.